The molecule has 1 N–H and O–H groups in total. The molecule has 0 aliphatic rings. The summed E-state index contributed by atoms with van der Waals surface area (Å²) in [7, 11) is 0. The normalized spacial score (nSPS) is 10.9. The summed E-state index contributed by atoms with van der Waals surface area (Å²) in [5, 5.41) is 3.06. The smallest absolute Gasteiger partial charge is 0.248 e. The van der Waals surface area contributed by atoms with Gasteiger partial charge in [-0.2, -0.15) is 0 Å². The van der Waals surface area contributed by atoms with Crippen molar-refractivity contribution in [3.63, 3.8) is 0 Å². The highest BCUT2D eigenvalue weighted by Gasteiger charge is 2.08. The van der Waals surface area contributed by atoms with Crippen LogP contribution >= 0.6 is 0 Å². The molecule has 3 heteroatoms. The Bertz CT molecular complexity index is 727. The monoisotopic (exact) mass is 351 g/mol. The Morgan fingerprint density at radius 2 is 1.69 bits per heavy atom. The predicted molar refractivity (Wildman–Crippen MR) is 110 cm³/mol. The number of amides is 1. The van der Waals surface area contributed by atoms with E-state index in [1.165, 1.54) is 0 Å². The number of benzene rings is 2. The molecule has 0 unspecified atom stereocenters. The third-order valence-electron chi connectivity index (χ3n) is 4.34. The van der Waals surface area contributed by atoms with Crippen LogP contribution in [0.5, 0.6) is 5.75 Å². The van der Waals surface area contributed by atoms with E-state index in [0.29, 0.717) is 6.61 Å². The lowest BCUT2D eigenvalue weighted by Gasteiger charge is -2.13. The molecule has 0 aliphatic heterocycles. The van der Waals surface area contributed by atoms with E-state index in [0.717, 1.165) is 53.8 Å². The summed E-state index contributed by atoms with van der Waals surface area (Å²) in [4.78, 5) is 12.5. The van der Waals surface area contributed by atoms with Crippen LogP contribution in [-0.4, -0.2) is 12.5 Å². The van der Waals surface area contributed by atoms with Gasteiger partial charge in [-0.1, -0.05) is 63.6 Å². The van der Waals surface area contributed by atoms with Gasteiger partial charge in [0.2, 0.25) is 5.91 Å². The summed E-state index contributed by atoms with van der Waals surface area (Å²) >= 11 is 0. The van der Waals surface area contributed by atoms with E-state index in [9.17, 15) is 4.79 Å². The summed E-state index contributed by atoms with van der Waals surface area (Å²) in [6.07, 6.45) is 7.29. The number of ether oxygens (including phenoxy) is 1. The van der Waals surface area contributed by atoms with E-state index in [1.54, 1.807) is 6.08 Å². The fourth-order valence-electron chi connectivity index (χ4n) is 2.81. The molecule has 0 aromatic heterocycles. The summed E-state index contributed by atoms with van der Waals surface area (Å²) in [6, 6.07) is 14.0. The van der Waals surface area contributed by atoms with Crippen molar-refractivity contribution in [3.05, 3.63) is 65.2 Å². The average molecular weight is 351 g/mol. The number of hydrogen-bond acceptors (Lipinski definition) is 2. The van der Waals surface area contributed by atoms with Crippen LogP contribution < -0.4 is 10.1 Å². The van der Waals surface area contributed by atoms with E-state index in [2.05, 4.69) is 38.2 Å². The molecule has 138 valence electrons. The first kappa shape index (κ1) is 19.8. The van der Waals surface area contributed by atoms with Crippen molar-refractivity contribution in [1.82, 2.24) is 0 Å². The summed E-state index contributed by atoms with van der Waals surface area (Å²) < 4.78 is 5.82. The van der Waals surface area contributed by atoms with Crippen molar-refractivity contribution in [3.8, 4) is 5.75 Å². The van der Waals surface area contributed by atoms with Crippen LogP contribution in [0, 0.1) is 0 Å². The highest BCUT2D eigenvalue weighted by molar-refractivity contribution is 6.03. The zero-order valence-corrected chi connectivity index (χ0v) is 16.0. The number of rotatable bonds is 9. The lowest BCUT2D eigenvalue weighted by Crippen LogP contribution is -2.11. The van der Waals surface area contributed by atoms with Crippen LogP contribution in [0.1, 0.15) is 50.3 Å². The van der Waals surface area contributed by atoms with Crippen LogP contribution in [0.2, 0.25) is 0 Å². The lowest BCUT2D eigenvalue weighted by molar-refractivity contribution is -0.111. The maximum Gasteiger partial charge on any atom is 0.248 e. The highest BCUT2D eigenvalue weighted by Crippen LogP contribution is 2.23. The summed E-state index contributed by atoms with van der Waals surface area (Å²) in [5.74, 6) is 0.692. The fourth-order valence-corrected chi connectivity index (χ4v) is 2.81. The standard InChI is InChI=1S/C23H29NO2/c1-4-7-17-26-21-14-9-8-11-20(21)15-16-22(25)24-23-18(5-2)12-10-13-19(23)6-3/h8-16H,4-7,17H2,1-3H3,(H,24,25). The third-order valence-corrected chi connectivity index (χ3v) is 4.34. The van der Waals surface area contributed by atoms with Gasteiger partial charge >= 0.3 is 0 Å². The van der Waals surface area contributed by atoms with Gasteiger partial charge in [-0.3, -0.25) is 4.79 Å². The van der Waals surface area contributed by atoms with Gasteiger partial charge in [0.1, 0.15) is 5.75 Å². The molecule has 0 atom stereocenters. The van der Waals surface area contributed by atoms with Gasteiger partial charge in [-0.15, -0.1) is 0 Å². The molecule has 1 amide bonds. The van der Waals surface area contributed by atoms with E-state index < -0.39 is 0 Å². The Morgan fingerprint density at radius 3 is 2.35 bits per heavy atom. The Balaban J connectivity index is 2.11. The maximum absolute atomic E-state index is 12.5. The molecule has 2 aromatic carbocycles. The molecule has 0 saturated heterocycles. The quantitative estimate of drug-likeness (QED) is 0.469. The lowest BCUT2D eigenvalue weighted by atomic mass is 10.0. The molecular formula is C23H29NO2. The maximum atomic E-state index is 12.5. The van der Waals surface area contributed by atoms with Crippen LogP contribution in [0.25, 0.3) is 6.08 Å². The van der Waals surface area contributed by atoms with Crippen LogP contribution in [0.15, 0.2) is 48.5 Å². The zero-order valence-electron chi connectivity index (χ0n) is 16.0. The second-order valence-corrected chi connectivity index (χ2v) is 6.22. The Labute approximate surface area is 157 Å². The predicted octanol–water partition coefficient (Wildman–Crippen LogP) is 5.64. The second kappa shape index (κ2) is 10.4. The number of nitrogens with one attached hydrogen (secondary N) is 1. The Hall–Kier alpha value is -2.55. The molecule has 26 heavy (non-hydrogen) atoms. The van der Waals surface area contributed by atoms with E-state index in [-0.39, 0.29) is 5.91 Å². The van der Waals surface area contributed by atoms with Crippen LogP contribution in [0.4, 0.5) is 5.69 Å². The minimum absolute atomic E-state index is 0.121. The first-order chi connectivity index (χ1) is 12.7. The number of carbonyl (C=O) groups excluding carboxylic acids is 1. The van der Waals surface area contributed by atoms with E-state index >= 15 is 0 Å². The van der Waals surface area contributed by atoms with Crippen LogP contribution in [0.3, 0.4) is 0 Å². The molecule has 0 saturated carbocycles. The number of para-hydroxylation sites is 2. The number of hydrogen-bond donors (Lipinski definition) is 1. The van der Waals surface area contributed by atoms with Crippen LogP contribution in [-0.2, 0) is 17.6 Å². The van der Waals surface area contributed by atoms with Gasteiger partial charge in [-0.05, 0) is 42.5 Å². The Morgan fingerprint density at radius 1 is 1.00 bits per heavy atom. The Kier molecular flexibility index (Phi) is 7.94. The second-order valence-electron chi connectivity index (χ2n) is 6.22. The van der Waals surface area contributed by atoms with Gasteiger partial charge in [0.05, 0.1) is 6.61 Å². The molecule has 0 spiro atoms. The van der Waals surface area contributed by atoms with Crippen molar-refractivity contribution < 1.29 is 9.53 Å². The van der Waals surface area contributed by atoms with E-state index in [4.69, 9.17) is 4.74 Å². The zero-order chi connectivity index (χ0) is 18.8. The molecule has 2 rings (SSSR count). The molecule has 3 nitrogen and oxygen atoms in total. The largest absolute Gasteiger partial charge is 0.493 e. The minimum atomic E-state index is -0.121. The minimum Gasteiger partial charge on any atom is -0.493 e. The van der Waals surface area contributed by atoms with E-state index in [1.807, 2.05) is 36.4 Å². The molecule has 0 bridgehead atoms. The van der Waals surface area contributed by atoms with Crippen molar-refractivity contribution in [1.29, 1.82) is 0 Å². The molecule has 0 aliphatic carbocycles. The van der Waals surface area contributed by atoms with Crippen molar-refractivity contribution in [2.45, 2.75) is 46.5 Å². The molecule has 2 aromatic rings. The average Bonchev–Trinajstić information content (AvgIpc) is 2.67. The van der Waals surface area contributed by atoms with Gasteiger partial charge in [-0.25, -0.2) is 0 Å². The highest BCUT2D eigenvalue weighted by atomic mass is 16.5. The third kappa shape index (κ3) is 5.48. The topological polar surface area (TPSA) is 38.3 Å². The number of anilines is 1. The fraction of sp³-hybridized carbons (Fsp3) is 0.348. The molecule has 0 fully saturated rings. The van der Waals surface area contributed by atoms with Gasteiger partial charge in [0, 0.05) is 17.3 Å². The van der Waals surface area contributed by atoms with Crippen molar-refractivity contribution in [2.24, 2.45) is 0 Å². The van der Waals surface area contributed by atoms with Gasteiger partial charge < -0.3 is 10.1 Å². The summed E-state index contributed by atoms with van der Waals surface area (Å²) in [5.41, 5.74) is 4.18. The number of unbranched alkanes of at least 4 members (excludes halogenated alkanes) is 1. The number of carbonyl (C=O) groups is 1. The van der Waals surface area contributed by atoms with Gasteiger partial charge in [0.25, 0.3) is 0 Å². The van der Waals surface area contributed by atoms with Crippen molar-refractivity contribution in [2.75, 3.05) is 11.9 Å². The van der Waals surface area contributed by atoms with Gasteiger partial charge in [0.15, 0.2) is 0 Å². The molecular weight excluding hydrogens is 322 g/mol. The molecule has 0 heterocycles. The molecule has 0 radical (unpaired) electrons. The van der Waals surface area contributed by atoms with Crippen molar-refractivity contribution >= 4 is 17.7 Å². The summed E-state index contributed by atoms with van der Waals surface area (Å²) in [6.45, 7) is 7.03. The SMILES string of the molecule is CCCCOc1ccccc1C=CC(=O)Nc1c(CC)cccc1CC. The first-order valence-electron chi connectivity index (χ1n) is 9.51. The first-order valence-corrected chi connectivity index (χ1v) is 9.51. The number of aryl methyl sites for hydroxylation is 2.